The van der Waals surface area contributed by atoms with Crippen LogP contribution in [-0.4, -0.2) is 46.8 Å². The van der Waals surface area contributed by atoms with E-state index in [1.165, 1.54) is 16.6 Å². The van der Waals surface area contributed by atoms with Crippen molar-refractivity contribution in [2.24, 2.45) is 7.05 Å². The second-order valence-electron chi connectivity index (χ2n) is 4.15. The zero-order valence-electron chi connectivity index (χ0n) is 11.8. The van der Waals surface area contributed by atoms with Crippen LogP contribution in [0.2, 0.25) is 0 Å². The predicted molar refractivity (Wildman–Crippen MR) is 70.6 cm³/mol. The lowest BCUT2D eigenvalue weighted by molar-refractivity contribution is -0.143. The number of rotatable bonds is 5. The largest absolute Gasteiger partial charge is 0.465 e. The fourth-order valence-electron chi connectivity index (χ4n) is 1.76. The van der Waals surface area contributed by atoms with Crippen LogP contribution in [-0.2, 0) is 23.0 Å². The molecule has 0 spiro atoms. The third-order valence-electron chi connectivity index (χ3n) is 2.72. The van der Waals surface area contributed by atoms with E-state index in [9.17, 15) is 9.59 Å². The van der Waals surface area contributed by atoms with Crippen molar-refractivity contribution in [3.63, 3.8) is 0 Å². The Bertz CT molecular complexity index is 482. The minimum absolute atomic E-state index is 0.112. The van der Waals surface area contributed by atoms with Gasteiger partial charge in [-0.3, -0.25) is 14.3 Å². The quantitative estimate of drug-likeness (QED) is 0.770. The van der Waals surface area contributed by atoms with Gasteiger partial charge >= 0.3 is 5.97 Å². The van der Waals surface area contributed by atoms with Crippen LogP contribution in [0.4, 0.5) is 5.69 Å². The van der Waals surface area contributed by atoms with E-state index in [1.54, 1.807) is 14.0 Å². The van der Waals surface area contributed by atoms with E-state index >= 15 is 0 Å². The number of aromatic nitrogens is 2. The highest BCUT2D eigenvalue weighted by Crippen LogP contribution is 2.18. The summed E-state index contributed by atoms with van der Waals surface area (Å²) in [5.74, 6) is -0.796. The molecule has 0 saturated carbocycles. The second-order valence-corrected chi connectivity index (χ2v) is 4.15. The maximum atomic E-state index is 12.2. The third-order valence-corrected chi connectivity index (χ3v) is 2.72. The molecule has 1 heterocycles. The number of hydrogen-bond donors (Lipinski definition) is 1. The second kappa shape index (κ2) is 6.21. The van der Waals surface area contributed by atoms with Gasteiger partial charge in [0, 0.05) is 14.1 Å². The molecule has 19 heavy (non-hydrogen) atoms. The van der Waals surface area contributed by atoms with Crippen molar-refractivity contribution >= 4 is 17.6 Å². The van der Waals surface area contributed by atoms with Crippen molar-refractivity contribution in [2.45, 2.75) is 20.3 Å². The summed E-state index contributed by atoms with van der Waals surface area (Å²) < 4.78 is 6.24. The van der Waals surface area contributed by atoms with E-state index in [-0.39, 0.29) is 19.1 Å². The molecule has 1 aromatic rings. The maximum absolute atomic E-state index is 12.2. The molecule has 0 saturated heterocycles. The molecule has 0 bridgehead atoms. The number of nitrogens with zero attached hydrogens (tertiary/aromatic N) is 3. The first-order chi connectivity index (χ1) is 8.92. The number of carbonyl (C=O) groups excluding carboxylic acids is 2. The molecule has 1 rings (SSSR count). The monoisotopic (exact) mass is 268 g/mol. The van der Waals surface area contributed by atoms with Gasteiger partial charge < -0.3 is 15.4 Å². The molecule has 1 aromatic heterocycles. The lowest BCUT2D eigenvalue weighted by Gasteiger charge is -2.16. The van der Waals surface area contributed by atoms with E-state index in [0.29, 0.717) is 23.5 Å². The average Bonchev–Trinajstić information content (AvgIpc) is 2.63. The summed E-state index contributed by atoms with van der Waals surface area (Å²) in [5, 5.41) is 4.18. The van der Waals surface area contributed by atoms with Gasteiger partial charge in [0.15, 0.2) is 0 Å². The van der Waals surface area contributed by atoms with Crippen molar-refractivity contribution in [1.82, 2.24) is 14.7 Å². The average molecular weight is 268 g/mol. The number of esters is 1. The Morgan fingerprint density at radius 2 is 2.05 bits per heavy atom. The number of amides is 1. The van der Waals surface area contributed by atoms with Gasteiger partial charge in [0.25, 0.3) is 5.91 Å². The Hall–Kier alpha value is -2.05. The first-order valence-corrected chi connectivity index (χ1v) is 6.14. The van der Waals surface area contributed by atoms with Gasteiger partial charge in [0.1, 0.15) is 12.2 Å². The van der Waals surface area contributed by atoms with E-state index in [1.807, 2.05) is 6.92 Å². The molecule has 0 atom stereocenters. The van der Waals surface area contributed by atoms with Gasteiger partial charge in [0.05, 0.1) is 18.0 Å². The van der Waals surface area contributed by atoms with E-state index in [0.717, 1.165) is 0 Å². The minimum atomic E-state index is -0.449. The Morgan fingerprint density at radius 3 is 2.53 bits per heavy atom. The summed E-state index contributed by atoms with van der Waals surface area (Å²) >= 11 is 0. The number of carbonyl (C=O) groups is 2. The fraction of sp³-hybridized carbons (Fsp3) is 0.583. The van der Waals surface area contributed by atoms with Crippen LogP contribution in [0.25, 0.3) is 0 Å². The van der Waals surface area contributed by atoms with Crippen molar-refractivity contribution in [2.75, 3.05) is 25.9 Å². The Morgan fingerprint density at radius 1 is 1.42 bits per heavy atom. The maximum Gasteiger partial charge on any atom is 0.325 e. The van der Waals surface area contributed by atoms with Crippen molar-refractivity contribution in [3.05, 3.63) is 11.4 Å². The molecule has 0 aliphatic carbocycles. The standard InChI is InChI=1S/C12H20N4O3/c1-5-8-10(13)11(16(4)14-8)12(18)15(3)7-9(17)19-6-2/h5-7,13H2,1-4H3. The van der Waals surface area contributed by atoms with Gasteiger partial charge in [-0.05, 0) is 13.3 Å². The lowest BCUT2D eigenvalue weighted by Crippen LogP contribution is -2.34. The summed E-state index contributed by atoms with van der Waals surface area (Å²) in [6.45, 7) is 3.80. The molecule has 106 valence electrons. The van der Waals surface area contributed by atoms with Crippen LogP contribution >= 0.6 is 0 Å². The molecule has 0 aliphatic heterocycles. The Balaban J connectivity index is 2.88. The molecule has 0 aliphatic rings. The Labute approximate surface area is 112 Å². The normalized spacial score (nSPS) is 10.3. The van der Waals surface area contributed by atoms with Crippen molar-refractivity contribution in [3.8, 4) is 0 Å². The topological polar surface area (TPSA) is 90.4 Å². The first kappa shape index (κ1) is 15.0. The molecule has 1 amide bonds. The van der Waals surface area contributed by atoms with E-state index < -0.39 is 5.97 Å². The summed E-state index contributed by atoms with van der Waals surface area (Å²) in [7, 11) is 3.18. The van der Waals surface area contributed by atoms with Crippen molar-refractivity contribution < 1.29 is 14.3 Å². The molecule has 7 nitrogen and oxygen atoms in total. The van der Waals surface area contributed by atoms with Gasteiger partial charge in [-0.25, -0.2) is 0 Å². The molecular formula is C12H20N4O3. The number of nitrogen functional groups attached to an aromatic ring is 1. The fourth-order valence-corrected chi connectivity index (χ4v) is 1.76. The minimum Gasteiger partial charge on any atom is -0.465 e. The number of aryl methyl sites for hydroxylation is 2. The van der Waals surface area contributed by atoms with E-state index in [2.05, 4.69) is 5.10 Å². The molecule has 0 radical (unpaired) electrons. The number of ether oxygens (including phenoxy) is 1. The number of anilines is 1. The number of likely N-dealkylation sites (N-methyl/N-ethyl adjacent to an activating group) is 1. The van der Waals surface area contributed by atoms with Crippen molar-refractivity contribution in [1.29, 1.82) is 0 Å². The molecule has 0 unspecified atom stereocenters. The zero-order chi connectivity index (χ0) is 14.6. The van der Waals surface area contributed by atoms with Crippen LogP contribution in [0.3, 0.4) is 0 Å². The van der Waals surface area contributed by atoms with Gasteiger partial charge in [0.2, 0.25) is 0 Å². The highest BCUT2D eigenvalue weighted by molar-refractivity contribution is 5.99. The summed E-state index contributed by atoms with van der Waals surface area (Å²) in [6, 6.07) is 0. The van der Waals surface area contributed by atoms with Crippen LogP contribution in [0, 0.1) is 0 Å². The highest BCUT2D eigenvalue weighted by Gasteiger charge is 2.23. The van der Waals surface area contributed by atoms with Crippen LogP contribution in [0.5, 0.6) is 0 Å². The molecule has 0 fully saturated rings. The SMILES string of the molecule is CCOC(=O)CN(C)C(=O)c1c(N)c(CC)nn1C. The smallest absolute Gasteiger partial charge is 0.325 e. The molecule has 7 heteroatoms. The zero-order valence-corrected chi connectivity index (χ0v) is 11.8. The van der Waals surface area contributed by atoms with E-state index in [4.69, 9.17) is 10.5 Å². The number of nitrogens with two attached hydrogens (primary N) is 1. The van der Waals surface area contributed by atoms with Crippen LogP contribution < -0.4 is 5.73 Å². The summed E-state index contributed by atoms with van der Waals surface area (Å²) in [4.78, 5) is 24.9. The van der Waals surface area contributed by atoms with Gasteiger partial charge in [-0.15, -0.1) is 0 Å². The Kier molecular flexibility index (Phi) is 4.91. The molecule has 2 N–H and O–H groups in total. The molecular weight excluding hydrogens is 248 g/mol. The first-order valence-electron chi connectivity index (χ1n) is 6.14. The summed E-state index contributed by atoms with van der Waals surface area (Å²) in [5.41, 5.74) is 7.23. The molecule has 0 aromatic carbocycles. The summed E-state index contributed by atoms with van der Waals surface area (Å²) in [6.07, 6.45) is 0.647. The van der Waals surface area contributed by atoms with Crippen LogP contribution in [0.15, 0.2) is 0 Å². The van der Waals surface area contributed by atoms with Crippen LogP contribution in [0.1, 0.15) is 30.0 Å². The van der Waals surface area contributed by atoms with Gasteiger partial charge in [-0.2, -0.15) is 5.10 Å². The number of hydrogen-bond acceptors (Lipinski definition) is 5. The van der Waals surface area contributed by atoms with Gasteiger partial charge in [-0.1, -0.05) is 6.92 Å². The predicted octanol–water partition coefficient (Wildman–Crippen LogP) is 0.200. The third kappa shape index (κ3) is 3.24. The lowest BCUT2D eigenvalue weighted by atomic mass is 10.2. The highest BCUT2D eigenvalue weighted by atomic mass is 16.5.